The van der Waals surface area contributed by atoms with Crippen LogP contribution in [-0.4, -0.2) is 36.2 Å². The molecule has 0 radical (unpaired) electrons. The van der Waals surface area contributed by atoms with Crippen LogP contribution in [0.25, 0.3) is 0 Å². The molecule has 15 heavy (non-hydrogen) atoms. The molecule has 0 saturated carbocycles. The number of rotatable bonds is 5. The van der Waals surface area contributed by atoms with Crippen LogP contribution in [-0.2, 0) is 4.79 Å². The Kier molecular flexibility index (Phi) is 5.65. The maximum absolute atomic E-state index is 11.7. The third-order valence-corrected chi connectivity index (χ3v) is 2.81. The molecule has 0 aromatic heterocycles. The Bertz CT molecular complexity index is 191. The van der Waals surface area contributed by atoms with Crippen molar-refractivity contribution in [3.8, 4) is 0 Å². The largest absolute Gasteiger partial charge is 0.396 e. The van der Waals surface area contributed by atoms with E-state index in [1.54, 1.807) is 0 Å². The van der Waals surface area contributed by atoms with Gasteiger partial charge in [0.05, 0.1) is 6.04 Å². The van der Waals surface area contributed by atoms with Crippen molar-refractivity contribution in [1.82, 2.24) is 10.6 Å². The molecule has 0 aliphatic carbocycles. The maximum Gasteiger partial charge on any atom is 0.237 e. The third kappa shape index (κ3) is 4.62. The van der Waals surface area contributed by atoms with Crippen molar-refractivity contribution in [2.75, 3.05) is 13.2 Å². The number of piperidine rings is 1. The summed E-state index contributed by atoms with van der Waals surface area (Å²) >= 11 is 0. The number of aliphatic hydroxyl groups excluding tert-OH is 1. The number of carbonyl (C=O) groups excluding carboxylic acids is 1. The highest BCUT2D eigenvalue weighted by Crippen LogP contribution is 2.07. The molecule has 0 bridgehead atoms. The second-order valence-corrected chi connectivity index (χ2v) is 4.28. The molecule has 4 heteroatoms. The van der Waals surface area contributed by atoms with E-state index in [1.807, 2.05) is 6.92 Å². The standard InChI is InChI=1S/C11H22N2O2/c1-9(5-4-8-14)13-11(15)10-6-2-3-7-12-10/h9-10,12,14H,2-8H2,1H3,(H,13,15). The first kappa shape index (κ1) is 12.5. The minimum absolute atomic E-state index is 0.00433. The molecular weight excluding hydrogens is 192 g/mol. The van der Waals surface area contributed by atoms with E-state index in [4.69, 9.17) is 5.11 Å². The molecule has 1 aliphatic heterocycles. The molecule has 4 nitrogen and oxygen atoms in total. The number of amides is 1. The molecule has 0 aromatic carbocycles. The summed E-state index contributed by atoms with van der Waals surface area (Å²) < 4.78 is 0. The highest BCUT2D eigenvalue weighted by molar-refractivity contribution is 5.82. The van der Waals surface area contributed by atoms with Gasteiger partial charge in [-0.3, -0.25) is 4.79 Å². The van der Waals surface area contributed by atoms with Crippen LogP contribution >= 0.6 is 0 Å². The van der Waals surface area contributed by atoms with Gasteiger partial charge in [-0.25, -0.2) is 0 Å². The molecule has 1 saturated heterocycles. The molecule has 1 fully saturated rings. The van der Waals surface area contributed by atoms with Crippen molar-refractivity contribution in [2.45, 2.75) is 51.1 Å². The second-order valence-electron chi connectivity index (χ2n) is 4.28. The van der Waals surface area contributed by atoms with Crippen LogP contribution in [0, 0.1) is 0 Å². The lowest BCUT2D eigenvalue weighted by Gasteiger charge is -2.24. The molecule has 1 aliphatic rings. The van der Waals surface area contributed by atoms with Gasteiger partial charge in [0, 0.05) is 12.6 Å². The number of carbonyl (C=O) groups is 1. The van der Waals surface area contributed by atoms with Gasteiger partial charge >= 0.3 is 0 Å². The first-order valence-electron chi connectivity index (χ1n) is 5.88. The zero-order valence-electron chi connectivity index (χ0n) is 9.46. The molecule has 2 atom stereocenters. The summed E-state index contributed by atoms with van der Waals surface area (Å²) in [6, 6.07) is 0.156. The Morgan fingerprint density at radius 3 is 3.00 bits per heavy atom. The minimum atomic E-state index is -0.00433. The Hall–Kier alpha value is -0.610. The normalized spacial score (nSPS) is 23.5. The molecule has 1 rings (SSSR count). The van der Waals surface area contributed by atoms with Crippen LogP contribution in [0.3, 0.4) is 0 Å². The summed E-state index contributed by atoms with van der Waals surface area (Å²) in [5.41, 5.74) is 0. The van der Waals surface area contributed by atoms with Crippen LogP contribution in [0.1, 0.15) is 39.0 Å². The van der Waals surface area contributed by atoms with Crippen LogP contribution in [0.4, 0.5) is 0 Å². The zero-order valence-corrected chi connectivity index (χ0v) is 9.46. The molecule has 2 unspecified atom stereocenters. The van der Waals surface area contributed by atoms with Gasteiger partial charge in [0.15, 0.2) is 0 Å². The quantitative estimate of drug-likeness (QED) is 0.621. The number of aliphatic hydroxyl groups is 1. The zero-order chi connectivity index (χ0) is 11.1. The Morgan fingerprint density at radius 2 is 2.40 bits per heavy atom. The van der Waals surface area contributed by atoms with Crippen molar-refractivity contribution in [3.63, 3.8) is 0 Å². The van der Waals surface area contributed by atoms with E-state index in [-0.39, 0.29) is 24.6 Å². The Labute approximate surface area is 91.4 Å². The van der Waals surface area contributed by atoms with E-state index in [1.165, 1.54) is 6.42 Å². The lowest BCUT2D eigenvalue weighted by atomic mass is 10.0. The number of nitrogens with one attached hydrogen (secondary N) is 2. The molecule has 88 valence electrons. The van der Waals surface area contributed by atoms with Gasteiger partial charge in [-0.1, -0.05) is 6.42 Å². The van der Waals surface area contributed by atoms with Crippen LogP contribution in [0.2, 0.25) is 0 Å². The summed E-state index contributed by atoms with van der Waals surface area (Å²) in [5, 5.41) is 14.9. The molecule has 1 heterocycles. The number of hydrogen-bond donors (Lipinski definition) is 3. The van der Waals surface area contributed by atoms with E-state index in [0.29, 0.717) is 0 Å². The van der Waals surface area contributed by atoms with Crippen molar-refractivity contribution in [1.29, 1.82) is 0 Å². The fourth-order valence-corrected chi connectivity index (χ4v) is 1.89. The fourth-order valence-electron chi connectivity index (χ4n) is 1.89. The maximum atomic E-state index is 11.7. The molecule has 0 spiro atoms. The SMILES string of the molecule is CC(CCCO)NC(=O)C1CCCCN1. The summed E-state index contributed by atoms with van der Waals surface area (Å²) in [7, 11) is 0. The minimum Gasteiger partial charge on any atom is -0.396 e. The summed E-state index contributed by atoms with van der Waals surface area (Å²) in [5.74, 6) is 0.111. The summed E-state index contributed by atoms with van der Waals surface area (Å²) in [6.07, 6.45) is 4.84. The topological polar surface area (TPSA) is 61.4 Å². The smallest absolute Gasteiger partial charge is 0.237 e. The van der Waals surface area contributed by atoms with Crippen LogP contribution in [0.5, 0.6) is 0 Å². The predicted molar refractivity (Wildman–Crippen MR) is 59.6 cm³/mol. The first-order valence-corrected chi connectivity index (χ1v) is 5.88. The van der Waals surface area contributed by atoms with Gasteiger partial charge in [0.2, 0.25) is 5.91 Å². The average Bonchev–Trinajstić information content (AvgIpc) is 2.27. The molecule has 3 N–H and O–H groups in total. The summed E-state index contributed by atoms with van der Waals surface area (Å²) in [6.45, 7) is 3.13. The lowest BCUT2D eigenvalue weighted by Crippen LogP contribution is -2.49. The van der Waals surface area contributed by atoms with Gasteiger partial charge in [-0.15, -0.1) is 0 Å². The van der Waals surface area contributed by atoms with Gasteiger partial charge in [0.25, 0.3) is 0 Å². The van der Waals surface area contributed by atoms with Gasteiger partial charge < -0.3 is 15.7 Å². The highest BCUT2D eigenvalue weighted by atomic mass is 16.3. The fraction of sp³-hybridized carbons (Fsp3) is 0.909. The first-order chi connectivity index (χ1) is 7.24. The Morgan fingerprint density at radius 1 is 1.60 bits per heavy atom. The van der Waals surface area contributed by atoms with Gasteiger partial charge in [0.1, 0.15) is 0 Å². The van der Waals surface area contributed by atoms with Crippen LogP contribution in [0.15, 0.2) is 0 Å². The van der Waals surface area contributed by atoms with Crippen molar-refractivity contribution in [2.24, 2.45) is 0 Å². The van der Waals surface area contributed by atoms with E-state index >= 15 is 0 Å². The highest BCUT2D eigenvalue weighted by Gasteiger charge is 2.21. The van der Waals surface area contributed by atoms with E-state index < -0.39 is 0 Å². The average molecular weight is 214 g/mol. The molecular formula is C11H22N2O2. The van der Waals surface area contributed by atoms with Gasteiger partial charge in [-0.2, -0.15) is 0 Å². The monoisotopic (exact) mass is 214 g/mol. The predicted octanol–water partition coefficient (Wildman–Crippen LogP) is 0.406. The summed E-state index contributed by atoms with van der Waals surface area (Å²) in [4.78, 5) is 11.7. The number of hydrogen-bond acceptors (Lipinski definition) is 3. The van der Waals surface area contributed by atoms with Gasteiger partial charge in [-0.05, 0) is 39.2 Å². The third-order valence-electron chi connectivity index (χ3n) is 2.81. The van der Waals surface area contributed by atoms with E-state index in [0.717, 1.165) is 32.2 Å². The molecule has 0 aromatic rings. The second kappa shape index (κ2) is 6.80. The van der Waals surface area contributed by atoms with Crippen molar-refractivity contribution >= 4 is 5.91 Å². The lowest BCUT2D eigenvalue weighted by molar-refractivity contribution is -0.124. The van der Waals surface area contributed by atoms with Crippen LogP contribution < -0.4 is 10.6 Å². The van der Waals surface area contributed by atoms with Crippen molar-refractivity contribution in [3.05, 3.63) is 0 Å². The van der Waals surface area contributed by atoms with Crippen molar-refractivity contribution < 1.29 is 9.90 Å². The molecule has 1 amide bonds. The Balaban J connectivity index is 2.21. The van der Waals surface area contributed by atoms with E-state index in [2.05, 4.69) is 10.6 Å². The van der Waals surface area contributed by atoms with E-state index in [9.17, 15) is 4.79 Å².